The highest BCUT2D eigenvalue weighted by Crippen LogP contribution is 2.24. The second-order valence-corrected chi connectivity index (χ2v) is 7.97. The van der Waals surface area contributed by atoms with E-state index in [-0.39, 0.29) is 23.4 Å². The first kappa shape index (κ1) is 19.4. The van der Waals surface area contributed by atoms with Gasteiger partial charge in [0, 0.05) is 22.6 Å². The van der Waals surface area contributed by atoms with E-state index in [0.717, 1.165) is 28.9 Å². The summed E-state index contributed by atoms with van der Waals surface area (Å²) >= 11 is 1.50. The minimum atomic E-state index is -0.292. The largest absolute Gasteiger partial charge is 0.508 e. The Hall–Kier alpha value is -2.93. The molecule has 1 heterocycles. The first-order valence-corrected chi connectivity index (χ1v) is 10.5. The van der Waals surface area contributed by atoms with Gasteiger partial charge in [-0.1, -0.05) is 19.3 Å². The summed E-state index contributed by atoms with van der Waals surface area (Å²) in [7, 11) is 0. The third-order valence-corrected chi connectivity index (χ3v) is 5.85. The molecule has 0 spiro atoms. The molecule has 0 aliphatic heterocycles. The minimum Gasteiger partial charge on any atom is -0.508 e. The van der Waals surface area contributed by atoms with Gasteiger partial charge in [-0.15, -0.1) is 11.3 Å². The molecule has 3 aromatic rings. The molecule has 0 bridgehead atoms. The molecule has 0 radical (unpaired) electrons. The summed E-state index contributed by atoms with van der Waals surface area (Å²) in [5.74, 6) is -0.360. The lowest BCUT2D eigenvalue weighted by Gasteiger charge is -2.16. The van der Waals surface area contributed by atoms with E-state index in [1.807, 2.05) is 5.38 Å². The van der Waals surface area contributed by atoms with Crippen LogP contribution in [0.2, 0.25) is 0 Å². The van der Waals surface area contributed by atoms with Crippen LogP contribution in [0.15, 0.2) is 57.9 Å². The van der Waals surface area contributed by atoms with Crippen LogP contribution in [0.4, 0.5) is 4.39 Å². The van der Waals surface area contributed by atoms with Gasteiger partial charge >= 0.3 is 0 Å². The molecule has 29 heavy (non-hydrogen) atoms. The molecule has 1 fully saturated rings. The third kappa shape index (κ3) is 4.56. The van der Waals surface area contributed by atoms with Gasteiger partial charge in [0.05, 0.1) is 18.0 Å². The summed E-state index contributed by atoms with van der Waals surface area (Å²) in [4.78, 5) is 5.69. The normalized spacial score (nSPS) is 16.0. The highest BCUT2D eigenvalue weighted by molar-refractivity contribution is 7.07. The second kappa shape index (κ2) is 8.61. The van der Waals surface area contributed by atoms with Crippen molar-refractivity contribution < 1.29 is 14.6 Å². The van der Waals surface area contributed by atoms with Crippen molar-refractivity contribution >= 4 is 17.6 Å². The molecule has 0 amide bonds. The Bertz CT molecular complexity index is 1080. The number of phenolic OH excluding ortho intramolecular Hbond substituents is 2. The van der Waals surface area contributed by atoms with Crippen molar-refractivity contribution in [2.45, 2.75) is 38.1 Å². The summed E-state index contributed by atoms with van der Waals surface area (Å²) in [5.41, 5.74) is 2.12. The third-order valence-electron chi connectivity index (χ3n) is 5.02. The van der Waals surface area contributed by atoms with Crippen molar-refractivity contribution in [2.75, 3.05) is 0 Å². The smallest absolute Gasteiger partial charge is 0.206 e. The fourth-order valence-electron chi connectivity index (χ4n) is 3.45. The lowest BCUT2D eigenvalue weighted by Crippen LogP contribution is -2.19. The number of hydrogen-bond donors (Lipinski definition) is 2. The zero-order chi connectivity index (χ0) is 20.2. The Kier molecular flexibility index (Phi) is 5.76. The Labute approximate surface area is 172 Å². The first-order valence-electron chi connectivity index (χ1n) is 9.67. The number of aromatic hydroxyl groups is 2. The van der Waals surface area contributed by atoms with Crippen LogP contribution < -0.4 is 4.80 Å². The average molecular weight is 412 g/mol. The Morgan fingerprint density at radius 2 is 1.79 bits per heavy atom. The van der Waals surface area contributed by atoms with E-state index < -0.39 is 0 Å². The van der Waals surface area contributed by atoms with Crippen LogP contribution in [0.25, 0.3) is 11.3 Å². The number of rotatable bonds is 4. The average Bonchev–Trinajstić information content (AvgIpc) is 3.11. The SMILES string of the molecule is Oc1ccc(C=Nn2c(-c3ccc(F)cc3)csc2=NC2CCCCC2)c(O)c1. The Morgan fingerprint density at radius 1 is 1.03 bits per heavy atom. The molecule has 0 atom stereocenters. The Morgan fingerprint density at radius 3 is 2.52 bits per heavy atom. The van der Waals surface area contributed by atoms with Crippen LogP contribution in [-0.2, 0) is 0 Å². The van der Waals surface area contributed by atoms with E-state index in [1.165, 1.54) is 61.1 Å². The van der Waals surface area contributed by atoms with Crippen molar-refractivity contribution in [3.63, 3.8) is 0 Å². The second-order valence-electron chi connectivity index (χ2n) is 7.13. The van der Waals surface area contributed by atoms with Gasteiger partial charge in [0.25, 0.3) is 0 Å². The van der Waals surface area contributed by atoms with E-state index in [9.17, 15) is 14.6 Å². The van der Waals surface area contributed by atoms with Crippen LogP contribution in [0.1, 0.15) is 37.7 Å². The molecule has 2 N–H and O–H groups in total. The monoisotopic (exact) mass is 411 g/mol. The summed E-state index contributed by atoms with van der Waals surface area (Å²) in [5, 5.41) is 26.0. The van der Waals surface area contributed by atoms with Crippen LogP contribution >= 0.6 is 11.3 Å². The van der Waals surface area contributed by atoms with E-state index >= 15 is 0 Å². The van der Waals surface area contributed by atoms with E-state index in [0.29, 0.717) is 5.56 Å². The van der Waals surface area contributed by atoms with Gasteiger partial charge in [-0.3, -0.25) is 4.99 Å². The van der Waals surface area contributed by atoms with Crippen molar-refractivity contribution in [2.24, 2.45) is 10.1 Å². The zero-order valence-corrected chi connectivity index (χ0v) is 16.6. The molecule has 1 saturated carbocycles. The number of phenols is 2. The molecule has 7 heteroatoms. The molecule has 0 saturated heterocycles. The maximum Gasteiger partial charge on any atom is 0.206 e. The number of hydrogen-bond acceptors (Lipinski definition) is 5. The molecular weight excluding hydrogens is 389 g/mol. The zero-order valence-electron chi connectivity index (χ0n) is 15.8. The number of thiazole rings is 1. The lowest BCUT2D eigenvalue weighted by atomic mass is 9.96. The van der Waals surface area contributed by atoms with Crippen LogP contribution in [0.3, 0.4) is 0 Å². The number of benzene rings is 2. The summed E-state index contributed by atoms with van der Waals surface area (Å²) < 4.78 is 15.1. The molecule has 4 rings (SSSR count). The lowest BCUT2D eigenvalue weighted by molar-refractivity contribution is 0.435. The van der Waals surface area contributed by atoms with Crippen molar-refractivity contribution in [1.29, 1.82) is 0 Å². The number of nitrogens with zero attached hydrogens (tertiary/aromatic N) is 3. The predicted octanol–water partition coefficient (Wildman–Crippen LogP) is 4.88. The van der Waals surface area contributed by atoms with Crippen molar-refractivity contribution in [1.82, 2.24) is 4.68 Å². The molecule has 0 unspecified atom stereocenters. The van der Waals surface area contributed by atoms with Crippen molar-refractivity contribution in [3.8, 4) is 22.8 Å². The maximum atomic E-state index is 13.4. The number of halogens is 1. The topological polar surface area (TPSA) is 70.1 Å². The van der Waals surface area contributed by atoms with Gasteiger partial charge in [0.15, 0.2) is 0 Å². The van der Waals surface area contributed by atoms with Gasteiger partial charge in [0.1, 0.15) is 17.3 Å². The number of aromatic nitrogens is 1. The predicted molar refractivity (Wildman–Crippen MR) is 113 cm³/mol. The summed E-state index contributed by atoms with van der Waals surface area (Å²) in [6, 6.07) is 10.9. The standard InChI is InChI=1S/C22H22FN3O2S/c23-17-9-6-15(7-10-17)20-14-29-22(25-18-4-2-1-3-5-18)26(20)24-13-16-8-11-19(27)12-21(16)28/h6-14,18,27-28H,1-5H2. The molecule has 2 aromatic carbocycles. The van der Waals surface area contributed by atoms with Crippen LogP contribution in [0, 0.1) is 5.82 Å². The Balaban J connectivity index is 1.77. The van der Waals surface area contributed by atoms with Gasteiger partial charge < -0.3 is 10.2 Å². The molecule has 150 valence electrons. The molecule has 1 aliphatic carbocycles. The summed E-state index contributed by atoms with van der Waals surface area (Å²) in [6.07, 6.45) is 7.33. The van der Waals surface area contributed by atoms with E-state index in [1.54, 1.807) is 22.9 Å². The first-order chi connectivity index (χ1) is 14.1. The van der Waals surface area contributed by atoms with Crippen LogP contribution in [-0.4, -0.2) is 27.1 Å². The minimum absolute atomic E-state index is 0.0113. The van der Waals surface area contributed by atoms with Gasteiger partial charge in [-0.05, 0) is 49.2 Å². The fraction of sp³-hybridized carbons (Fsp3) is 0.273. The van der Waals surface area contributed by atoms with Crippen LogP contribution in [0.5, 0.6) is 11.5 Å². The van der Waals surface area contributed by atoms with E-state index in [2.05, 4.69) is 5.10 Å². The van der Waals surface area contributed by atoms with Gasteiger partial charge in [-0.2, -0.15) is 5.10 Å². The van der Waals surface area contributed by atoms with Gasteiger partial charge in [0.2, 0.25) is 4.80 Å². The van der Waals surface area contributed by atoms with E-state index in [4.69, 9.17) is 4.99 Å². The summed E-state index contributed by atoms with van der Waals surface area (Å²) in [6.45, 7) is 0. The van der Waals surface area contributed by atoms with Crippen molar-refractivity contribution in [3.05, 3.63) is 64.0 Å². The highest BCUT2D eigenvalue weighted by atomic mass is 32.1. The fourth-order valence-corrected chi connectivity index (χ4v) is 4.35. The maximum absolute atomic E-state index is 13.4. The molecule has 1 aromatic heterocycles. The molecular formula is C22H22FN3O2S. The quantitative estimate of drug-likeness (QED) is 0.601. The molecule has 1 aliphatic rings. The highest BCUT2D eigenvalue weighted by Gasteiger charge is 2.14. The van der Waals surface area contributed by atoms with Gasteiger partial charge in [-0.25, -0.2) is 9.07 Å². The molecule has 5 nitrogen and oxygen atoms in total.